The van der Waals surface area contributed by atoms with Crippen molar-refractivity contribution in [2.24, 2.45) is 0 Å². The average Bonchev–Trinajstić information content (AvgIpc) is 3.08. The first kappa shape index (κ1) is 14.5. The van der Waals surface area contributed by atoms with Gasteiger partial charge in [0, 0.05) is 17.5 Å². The normalized spacial score (nSPS) is 23.0. The van der Waals surface area contributed by atoms with Crippen molar-refractivity contribution in [2.75, 3.05) is 13.1 Å². The maximum Gasteiger partial charge on any atom is 0.325 e. The summed E-state index contributed by atoms with van der Waals surface area (Å²) in [6, 6.07) is 1.47. The summed E-state index contributed by atoms with van der Waals surface area (Å²) in [5.74, 6) is -0.921. The molecule has 0 bridgehead atoms. The average molecular weight is 308 g/mol. The van der Waals surface area contributed by atoms with E-state index in [1.54, 1.807) is 16.2 Å². The third-order valence-corrected chi connectivity index (χ3v) is 5.36. The fourth-order valence-corrected chi connectivity index (χ4v) is 4.26. The number of rotatable bonds is 4. The molecule has 1 aliphatic heterocycles. The zero-order valence-corrected chi connectivity index (χ0v) is 12.7. The van der Waals surface area contributed by atoms with Crippen molar-refractivity contribution in [3.05, 3.63) is 21.9 Å². The summed E-state index contributed by atoms with van der Waals surface area (Å²) in [5, 5.41) is 14.5. The van der Waals surface area contributed by atoms with E-state index in [1.165, 1.54) is 12.8 Å². The highest BCUT2D eigenvalue weighted by Crippen LogP contribution is 2.33. The topological polar surface area (TPSA) is 69.6 Å². The van der Waals surface area contributed by atoms with Crippen molar-refractivity contribution in [2.45, 2.75) is 44.2 Å². The van der Waals surface area contributed by atoms with Gasteiger partial charge in [0.15, 0.2) is 0 Å². The fourth-order valence-electron chi connectivity index (χ4n) is 3.36. The standard InChI is InChI=1S/C15H20N2O3S/c18-13(16-10-3-1-2-4-10)9-17-7-5-12-11(6-8-21-12)14(17)15(19)20/h6,8,10,14H,1-5,7,9H2,(H,16,18)(H,19,20). The maximum absolute atomic E-state index is 12.1. The Balaban J connectivity index is 1.66. The molecule has 1 unspecified atom stereocenters. The van der Waals surface area contributed by atoms with Gasteiger partial charge in [0.05, 0.1) is 6.54 Å². The molecule has 114 valence electrons. The third kappa shape index (κ3) is 3.11. The van der Waals surface area contributed by atoms with Crippen molar-refractivity contribution in [1.29, 1.82) is 0 Å². The second kappa shape index (κ2) is 6.15. The summed E-state index contributed by atoms with van der Waals surface area (Å²) >= 11 is 1.60. The van der Waals surface area contributed by atoms with E-state index in [-0.39, 0.29) is 18.5 Å². The van der Waals surface area contributed by atoms with Gasteiger partial charge in [0.2, 0.25) is 5.91 Å². The highest BCUT2D eigenvalue weighted by molar-refractivity contribution is 7.10. The Morgan fingerprint density at radius 3 is 2.86 bits per heavy atom. The Bertz CT molecular complexity index is 537. The van der Waals surface area contributed by atoms with Crippen LogP contribution in [0.5, 0.6) is 0 Å². The first-order valence-corrected chi connectivity index (χ1v) is 8.35. The van der Waals surface area contributed by atoms with Crippen molar-refractivity contribution < 1.29 is 14.7 Å². The lowest BCUT2D eigenvalue weighted by molar-refractivity contribution is -0.144. The number of carboxylic acids is 1. The van der Waals surface area contributed by atoms with Gasteiger partial charge in [0.25, 0.3) is 0 Å². The molecule has 5 nitrogen and oxygen atoms in total. The minimum absolute atomic E-state index is 0.0492. The quantitative estimate of drug-likeness (QED) is 0.890. The zero-order chi connectivity index (χ0) is 14.8. The Kier molecular flexibility index (Phi) is 4.26. The van der Waals surface area contributed by atoms with Crippen LogP contribution in [0.25, 0.3) is 0 Å². The molecule has 1 amide bonds. The van der Waals surface area contributed by atoms with Gasteiger partial charge in [-0.15, -0.1) is 11.3 Å². The Morgan fingerprint density at radius 1 is 1.38 bits per heavy atom. The SMILES string of the molecule is O=C(CN1CCc2sccc2C1C(=O)O)NC1CCCC1. The lowest BCUT2D eigenvalue weighted by Gasteiger charge is -2.32. The van der Waals surface area contributed by atoms with Crippen LogP contribution in [-0.4, -0.2) is 41.0 Å². The first-order chi connectivity index (χ1) is 10.1. The van der Waals surface area contributed by atoms with Crippen LogP contribution in [0.4, 0.5) is 0 Å². The maximum atomic E-state index is 12.1. The van der Waals surface area contributed by atoms with E-state index in [2.05, 4.69) is 5.32 Å². The molecule has 2 N–H and O–H groups in total. The number of amides is 1. The van der Waals surface area contributed by atoms with E-state index in [4.69, 9.17) is 0 Å². The number of aliphatic carboxylic acids is 1. The lowest BCUT2D eigenvalue weighted by atomic mass is 10.00. The molecule has 21 heavy (non-hydrogen) atoms. The number of fused-ring (bicyclic) bond motifs is 1. The molecular formula is C15H20N2O3S. The van der Waals surface area contributed by atoms with Crippen LogP contribution in [0, 0.1) is 0 Å². The van der Waals surface area contributed by atoms with Gasteiger partial charge in [-0.2, -0.15) is 0 Å². The smallest absolute Gasteiger partial charge is 0.325 e. The molecule has 1 atom stereocenters. The van der Waals surface area contributed by atoms with Crippen LogP contribution in [0.3, 0.4) is 0 Å². The Morgan fingerprint density at radius 2 is 2.14 bits per heavy atom. The van der Waals surface area contributed by atoms with Crippen molar-refractivity contribution >= 4 is 23.2 Å². The van der Waals surface area contributed by atoms with Crippen molar-refractivity contribution in [3.63, 3.8) is 0 Å². The van der Waals surface area contributed by atoms with E-state index in [9.17, 15) is 14.7 Å². The number of nitrogens with zero attached hydrogens (tertiary/aromatic N) is 1. The van der Waals surface area contributed by atoms with Gasteiger partial charge in [-0.05, 0) is 36.3 Å². The summed E-state index contributed by atoms with van der Waals surface area (Å²) < 4.78 is 0. The van der Waals surface area contributed by atoms with Gasteiger partial charge in [-0.3, -0.25) is 14.5 Å². The predicted molar refractivity (Wildman–Crippen MR) is 80.4 cm³/mol. The molecule has 2 heterocycles. The molecule has 0 spiro atoms. The molecule has 1 saturated carbocycles. The van der Waals surface area contributed by atoms with Crippen LogP contribution in [0.15, 0.2) is 11.4 Å². The van der Waals surface area contributed by atoms with Crippen molar-refractivity contribution in [3.8, 4) is 0 Å². The summed E-state index contributed by atoms with van der Waals surface area (Å²) in [6.45, 7) is 0.797. The lowest BCUT2D eigenvalue weighted by Crippen LogP contribution is -2.46. The molecule has 2 aliphatic rings. The number of carbonyl (C=O) groups excluding carboxylic acids is 1. The Hall–Kier alpha value is -1.40. The van der Waals surface area contributed by atoms with E-state index >= 15 is 0 Å². The van der Waals surface area contributed by atoms with E-state index in [0.717, 1.165) is 29.7 Å². The van der Waals surface area contributed by atoms with Crippen molar-refractivity contribution in [1.82, 2.24) is 10.2 Å². The van der Waals surface area contributed by atoms with E-state index in [0.29, 0.717) is 6.54 Å². The summed E-state index contributed by atoms with van der Waals surface area (Å²) in [5.41, 5.74) is 0.854. The summed E-state index contributed by atoms with van der Waals surface area (Å²) in [4.78, 5) is 26.6. The van der Waals surface area contributed by atoms with E-state index < -0.39 is 12.0 Å². The molecule has 1 fully saturated rings. The number of hydrogen-bond donors (Lipinski definition) is 2. The van der Waals surface area contributed by atoms with Gasteiger partial charge in [-0.25, -0.2) is 0 Å². The molecule has 1 aromatic heterocycles. The molecule has 3 rings (SSSR count). The molecular weight excluding hydrogens is 288 g/mol. The number of hydrogen-bond acceptors (Lipinski definition) is 4. The number of thiophene rings is 1. The monoisotopic (exact) mass is 308 g/mol. The molecule has 6 heteroatoms. The largest absolute Gasteiger partial charge is 0.480 e. The van der Waals surface area contributed by atoms with Gasteiger partial charge < -0.3 is 10.4 Å². The molecule has 1 aliphatic carbocycles. The second-order valence-corrected chi connectivity index (χ2v) is 6.81. The van der Waals surface area contributed by atoms with Gasteiger partial charge >= 0.3 is 5.97 Å². The molecule has 0 aromatic carbocycles. The van der Waals surface area contributed by atoms with Crippen LogP contribution >= 0.6 is 11.3 Å². The highest BCUT2D eigenvalue weighted by Gasteiger charge is 2.34. The van der Waals surface area contributed by atoms with Crippen LogP contribution < -0.4 is 5.32 Å². The number of nitrogens with one attached hydrogen (secondary N) is 1. The van der Waals surface area contributed by atoms with Crippen LogP contribution in [0.2, 0.25) is 0 Å². The predicted octanol–water partition coefficient (Wildman–Crippen LogP) is 1.79. The second-order valence-electron chi connectivity index (χ2n) is 5.81. The highest BCUT2D eigenvalue weighted by atomic mass is 32.1. The third-order valence-electron chi connectivity index (χ3n) is 4.37. The summed E-state index contributed by atoms with van der Waals surface area (Å²) in [6.07, 6.45) is 5.26. The Labute approximate surface area is 128 Å². The van der Waals surface area contributed by atoms with Crippen LogP contribution in [-0.2, 0) is 16.0 Å². The fraction of sp³-hybridized carbons (Fsp3) is 0.600. The first-order valence-electron chi connectivity index (χ1n) is 7.47. The minimum Gasteiger partial charge on any atom is -0.480 e. The molecule has 0 saturated heterocycles. The minimum atomic E-state index is -0.872. The molecule has 1 aromatic rings. The zero-order valence-electron chi connectivity index (χ0n) is 11.9. The molecule has 0 radical (unpaired) electrons. The van der Waals surface area contributed by atoms with E-state index in [1.807, 2.05) is 11.4 Å². The number of carbonyl (C=O) groups is 2. The van der Waals surface area contributed by atoms with Crippen LogP contribution in [0.1, 0.15) is 42.2 Å². The summed E-state index contributed by atoms with van der Waals surface area (Å²) in [7, 11) is 0. The number of carboxylic acid groups (broad SMARTS) is 1. The van der Waals surface area contributed by atoms with Gasteiger partial charge in [0.1, 0.15) is 6.04 Å². The van der Waals surface area contributed by atoms with Gasteiger partial charge in [-0.1, -0.05) is 12.8 Å².